The number of carbonyl (C=O) groups excluding carboxylic acids is 1. The number of aromatic amines is 2. The average Bonchev–Trinajstić information content (AvgIpc) is 3.50. The van der Waals surface area contributed by atoms with E-state index in [1.165, 1.54) is 0 Å². The van der Waals surface area contributed by atoms with Crippen LogP contribution in [0.15, 0.2) is 36.4 Å². The number of fused-ring (bicyclic) bond motifs is 4. The van der Waals surface area contributed by atoms with E-state index in [0.717, 1.165) is 45.7 Å². The van der Waals surface area contributed by atoms with E-state index >= 15 is 0 Å². The minimum Gasteiger partial charge on any atom is -0.493 e. The Morgan fingerprint density at radius 2 is 1.91 bits per heavy atom. The van der Waals surface area contributed by atoms with E-state index in [4.69, 9.17) is 14.5 Å². The van der Waals surface area contributed by atoms with Crippen molar-refractivity contribution in [2.45, 2.75) is 32.7 Å². The van der Waals surface area contributed by atoms with Gasteiger partial charge in [-0.2, -0.15) is 5.10 Å². The number of imidazole rings is 1. The maximum absolute atomic E-state index is 13.4. The summed E-state index contributed by atoms with van der Waals surface area (Å²) >= 11 is 0. The van der Waals surface area contributed by atoms with Crippen molar-refractivity contribution in [2.75, 3.05) is 14.2 Å². The van der Waals surface area contributed by atoms with Gasteiger partial charge in [-0.05, 0) is 42.2 Å². The second kappa shape index (κ2) is 8.27. The topological polar surface area (TPSA) is 105 Å². The summed E-state index contributed by atoms with van der Waals surface area (Å²) in [5.41, 5.74) is 5.99. The molecule has 33 heavy (non-hydrogen) atoms. The Bertz CT molecular complexity index is 1300. The first-order valence-corrected chi connectivity index (χ1v) is 11.1. The monoisotopic (exact) mass is 445 g/mol. The van der Waals surface area contributed by atoms with Gasteiger partial charge >= 0.3 is 0 Å². The number of methoxy groups -OCH3 is 2. The van der Waals surface area contributed by atoms with Crippen LogP contribution in [-0.4, -0.2) is 40.3 Å². The lowest BCUT2D eigenvalue weighted by Crippen LogP contribution is -2.31. The number of ether oxygens (including phenoxy) is 2. The van der Waals surface area contributed by atoms with Crippen LogP contribution in [0.2, 0.25) is 0 Å². The predicted molar refractivity (Wildman–Crippen MR) is 126 cm³/mol. The van der Waals surface area contributed by atoms with E-state index in [1.54, 1.807) is 14.2 Å². The first kappa shape index (κ1) is 21.1. The smallest absolute Gasteiger partial charge is 0.270 e. The van der Waals surface area contributed by atoms with Crippen LogP contribution in [0, 0.1) is 5.92 Å². The number of hydrogen-bond donors (Lipinski definition) is 3. The molecule has 0 unspecified atom stereocenters. The minimum atomic E-state index is -0.243. The fourth-order valence-corrected chi connectivity index (χ4v) is 4.50. The van der Waals surface area contributed by atoms with E-state index in [9.17, 15) is 4.79 Å². The van der Waals surface area contributed by atoms with Gasteiger partial charge in [0.05, 0.1) is 37.0 Å². The Balaban J connectivity index is 1.44. The number of rotatable bonds is 7. The molecule has 3 N–H and O–H groups in total. The Labute approximate surface area is 191 Å². The molecule has 0 spiro atoms. The molecule has 8 nitrogen and oxygen atoms in total. The number of aromatic nitrogens is 4. The fraction of sp³-hybridized carbons (Fsp3) is 0.320. The Morgan fingerprint density at radius 3 is 2.64 bits per heavy atom. The molecular formula is C25H27N5O3. The third-order valence-electron chi connectivity index (χ3n) is 6.08. The summed E-state index contributed by atoms with van der Waals surface area (Å²) in [4.78, 5) is 21.5. The zero-order valence-corrected chi connectivity index (χ0v) is 19.2. The van der Waals surface area contributed by atoms with Crippen molar-refractivity contribution in [3.05, 3.63) is 59.0 Å². The van der Waals surface area contributed by atoms with Gasteiger partial charge in [-0.25, -0.2) is 4.98 Å². The minimum absolute atomic E-state index is 0.193. The van der Waals surface area contributed by atoms with Crippen molar-refractivity contribution in [2.24, 2.45) is 5.92 Å². The summed E-state index contributed by atoms with van der Waals surface area (Å²) in [6, 6.07) is 11.5. The van der Waals surface area contributed by atoms with Gasteiger partial charge < -0.3 is 19.8 Å². The lowest BCUT2D eigenvalue weighted by atomic mass is 10.0. The zero-order chi connectivity index (χ0) is 23.1. The highest BCUT2D eigenvalue weighted by molar-refractivity contribution is 5.97. The number of benzene rings is 2. The predicted octanol–water partition coefficient (Wildman–Crippen LogP) is 4.39. The molecular weight excluding hydrogens is 418 g/mol. The number of H-pyrrole nitrogens is 2. The second-order valence-electron chi connectivity index (χ2n) is 8.76. The van der Waals surface area contributed by atoms with Gasteiger partial charge in [0.25, 0.3) is 5.91 Å². The number of nitrogens with one attached hydrogen (secondary N) is 3. The fourth-order valence-electron chi connectivity index (χ4n) is 4.50. The van der Waals surface area contributed by atoms with Crippen molar-refractivity contribution >= 4 is 16.9 Å². The van der Waals surface area contributed by atoms with Gasteiger partial charge in [-0.15, -0.1) is 0 Å². The van der Waals surface area contributed by atoms with Gasteiger partial charge in [-0.1, -0.05) is 26.0 Å². The van der Waals surface area contributed by atoms with E-state index in [0.29, 0.717) is 29.5 Å². The van der Waals surface area contributed by atoms with E-state index in [-0.39, 0.29) is 11.9 Å². The lowest BCUT2D eigenvalue weighted by molar-refractivity contribution is 0.0924. The van der Waals surface area contributed by atoms with Crippen LogP contribution >= 0.6 is 0 Å². The van der Waals surface area contributed by atoms with Crippen LogP contribution in [0.5, 0.6) is 11.5 Å². The zero-order valence-electron chi connectivity index (χ0n) is 19.2. The molecule has 1 atom stereocenters. The first-order valence-electron chi connectivity index (χ1n) is 11.1. The van der Waals surface area contributed by atoms with Gasteiger partial charge in [0, 0.05) is 17.5 Å². The Kier molecular flexibility index (Phi) is 5.28. The molecule has 2 aromatic carbocycles. The van der Waals surface area contributed by atoms with Crippen LogP contribution in [0.1, 0.15) is 53.7 Å². The molecule has 8 heteroatoms. The van der Waals surface area contributed by atoms with Crippen molar-refractivity contribution in [1.29, 1.82) is 0 Å². The molecule has 0 fully saturated rings. The van der Waals surface area contributed by atoms with E-state index in [2.05, 4.69) is 34.3 Å². The number of nitrogens with zero attached hydrogens (tertiary/aromatic N) is 2. The lowest BCUT2D eigenvalue weighted by Gasteiger charge is -2.18. The summed E-state index contributed by atoms with van der Waals surface area (Å²) < 4.78 is 10.9. The molecule has 0 bridgehead atoms. The summed E-state index contributed by atoms with van der Waals surface area (Å²) in [7, 11) is 3.22. The van der Waals surface area contributed by atoms with Crippen LogP contribution in [0.25, 0.3) is 22.3 Å². The Morgan fingerprint density at radius 1 is 1.15 bits per heavy atom. The van der Waals surface area contributed by atoms with Crippen molar-refractivity contribution in [3.8, 4) is 22.8 Å². The SMILES string of the molecule is COc1cc2c(cc1OC)-c1n[nH]c(C(=O)N[C@H](CC(C)C)c3nc4ccccc4[nH]3)c1C2. The molecule has 1 aliphatic rings. The van der Waals surface area contributed by atoms with Crippen molar-refractivity contribution < 1.29 is 14.3 Å². The molecule has 1 aliphatic carbocycles. The van der Waals surface area contributed by atoms with Gasteiger partial charge in [0.1, 0.15) is 11.5 Å². The largest absolute Gasteiger partial charge is 0.493 e. The summed E-state index contributed by atoms with van der Waals surface area (Å²) in [6.45, 7) is 4.26. The molecule has 4 aromatic rings. The quantitative estimate of drug-likeness (QED) is 0.345. The van der Waals surface area contributed by atoms with Crippen LogP contribution in [0.3, 0.4) is 0 Å². The maximum Gasteiger partial charge on any atom is 0.270 e. The van der Waals surface area contributed by atoms with Crippen LogP contribution in [0.4, 0.5) is 0 Å². The Hall–Kier alpha value is -3.81. The molecule has 2 aromatic heterocycles. The first-order chi connectivity index (χ1) is 16.0. The highest BCUT2D eigenvalue weighted by atomic mass is 16.5. The van der Waals surface area contributed by atoms with Crippen LogP contribution < -0.4 is 14.8 Å². The molecule has 0 radical (unpaired) electrons. The number of amides is 1. The number of para-hydroxylation sites is 2. The highest BCUT2D eigenvalue weighted by Gasteiger charge is 2.30. The standard InChI is InChI=1S/C25H27N5O3/c1-13(2)9-19(24-26-17-7-5-6-8-18(17)27-24)28-25(31)23-16-10-14-11-20(32-3)21(33-4)12-15(14)22(16)29-30-23/h5-8,11-13,19H,9-10H2,1-4H3,(H,26,27)(H,28,31)(H,29,30)/t19-/m1/s1. The average molecular weight is 446 g/mol. The van der Waals surface area contributed by atoms with Gasteiger partial charge in [0.15, 0.2) is 11.5 Å². The maximum atomic E-state index is 13.4. The molecule has 0 saturated carbocycles. The molecule has 170 valence electrons. The second-order valence-corrected chi connectivity index (χ2v) is 8.76. The summed E-state index contributed by atoms with van der Waals surface area (Å²) in [5.74, 6) is 2.24. The van der Waals surface area contributed by atoms with E-state index in [1.807, 2.05) is 36.4 Å². The normalized spacial score (nSPS) is 13.1. The van der Waals surface area contributed by atoms with Gasteiger partial charge in [0.2, 0.25) is 0 Å². The van der Waals surface area contributed by atoms with Crippen molar-refractivity contribution in [3.63, 3.8) is 0 Å². The molecule has 2 heterocycles. The van der Waals surface area contributed by atoms with Crippen LogP contribution in [-0.2, 0) is 6.42 Å². The molecule has 0 saturated heterocycles. The number of carbonyl (C=O) groups is 1. The molecule has 0 aliphatic heterocycles. The van der Waals surface area contributed by atoms with Crippen molar-refractivity contribution in [1.82, 2.24) is 25.5 Å². The third-order valence-corrected chi connectivity index (χ3v) is 6.08. The highest BCUT2D eigenvalue weighted by Crippen LogP contribution is 2.42. The molecule has 5 rings (SSSR count). The van der Waals surface area contributed by atoms with Gasteiger partial charge in [-0.3, -0.25) is 9.89 Å². The summed E-state index contributed by atoms with van der Waals surface area (Å²) in [6.07, 6.45) is 1.36. The summed E-state index contributed by atoms with van der Waals surface area (Å²) in [5, 5.41) is 10.6. The number of hydrogen-bond acceptors (Lipinski definition) is 5. The molecule has 1 amide bonds. The third kappa shape index (κ3) is 3.71. The van der Waals surface area contributed by atoms with E-state index < -0.39 is 0 Å².